The standard InChI is InChI=1S/C15H12/c1-11-6-7-13-9-8-12-4-2-3-5-14(12)15(13)10-11/h2-10H,1H3/i1D3. The number of aryl methyl sites for hydroxylation is 1. The third kappa shape index (κ3) is 1.30. The Balaban J connectivity index is 2.40. The van der Waals surface area contributed by atoms with E-state index in [2.05, 4.69) is 6.07 Å². The van der Waals surface area contributed by atoms with Crippen LogP contribution < -0.4 is 0 Å². The van der Waals surface area contributed by atoms with Crippen LogP contribution in [0, 0.1) is 6.85 Å². The zero-order chi connectivity index (χ0) is 12.8. The van der Waals surface area contributed by atoms with Gasteiger partial charge in [0.1, 0.15) is 0 Å². The minimum atomic E-state index is -2.05. The van der Waals surface area contributed by atoms with Crippen LogP contribution in [0.3, 0.4) is 0 Å². The molecule has 15 heavy (non-hydrogen) atoms. The zero-order valence-corrected chi connectivity index (χ0v) is 8.20. The van der Waals surface area contributed by atoms with E-state index in [9.17, 15) is 0 Å². The van der Waals surface area contributed by atoms with Crippen molar-refractivity contribution in [2.75, 3.05) is 0 Å². The van der Waals surface area contributed by atoms with Crippen molar-refractivity contribution < 1.29 is 4.11 Å². The van der Waals surface area contributed by atoms with Gasteiger partial charge in [0, 0.05) is 4.11 Å². The lowest BCUT2D eigenvalue weighted by atomic mass is 10.0. The normalized spacial score (nSPS) is 14.8. The molecule has 0 radical (unpaired) electrons. The second-order valence-corrected chi connectivity index (χ2v) is 3.72. The highest BCUT2D eigenvalue weighted by atomic mass is 14.0. The number of hydrogen-bond donors (Lipinski definition) is 0. The monoisotopic (exact) mass is 195 g/mol. The van der Waals surface area contributed by atoms with Crippen molar-refractivity contribution in [3.63, 3.8) is 0 Å². The van der Waals surface area contributed by atoms with Crippen molar-refractivity contribution in [3.8, 4) is 0 Å². The summed E-state index contributed by atoms with van der Waals surface area (Å²) < 4.78 is 22.5. The summed E-state index contributed by atoms with van der Waals surface area (Å²) in [6, 6.07) is 17.5. The van der Waals surface area contributed by atoms with Crippen LogP contribution in [-0.4, -0.2) is 0 Å². The van der Waals surface area contributed by atoms with E-state index < -0.39 is 6.85 Å². The van der Waals surface area contributed by atoms with Crippen LogP contribution >= 0.6 is 0 Å². The lowest BCUT2D eigenvalue weighted by Crippen LogP contribution is -1.78. The van der Waals surface area contributed by atoms with E-state index in [1.807, 2.05) is 36.4 Å². The van der Waals surface area contributed by atoms with E-state index in [4.69, 9.17) is 4.11 Å². The Hall–Kier alpha value is -1.82. The summed E-state index contributed by atoms with van der Waals surface area (Å²) in [5.74, 6) is 0. The maximum atomic E-state index is 7.49. The molecule has 0 saturated carbocycles. The van der Waals surface area contributed by atoms with Crippen LogP contribution in [0.5, 0.6) is 0 Å². The summed E-state index contributed by atoms with van der Waals surface area (Å²) in [5.41, 5.74) is 0.395. The average molecular weight is 195 g/mol. The molecule has 0 unspecified atom stereocenters. The van der Waals surface area contributed by atoms with Gasteiger partial charge in [-0.25, -0.2) is 0 Å². The molecule has 0 nitrogen and oxygen atoms in total. The van der Waals surface area contributed by atoms with Gasteiger partial charge in [-0.3, -0.25) is 0 Å². The fraction of sp³-hybridized carbons (Fsp3) is 0.0667. The van der Waals surface area contributed by atoms with E-state index in [0.717, 1.165) is 21.5 Å². The van der Waals surface area contributed by atoms with Gasteiger partial charge in [-0.15, -0.1) is 0 Å². The molecule has 0 aliphatic heterocycles. The Morgan fingerprint density at radius 1 is 0.800 bits per heavy atom. The summed E-state index contributed by atoms with van der Waals surface area (Å²) in [7, 11) is 0. The Morgan fingerprint density at radius 2 is 1.53 bits per heavy atom. The van der Waals surface area contributed by atoms with Gasteiger partial charge >= 0.3 is 0 Å². The summed E-state index contributed by atoms with van der Waals surface area (Å²) in [5, 5.41) is 4.30. The van der Waals surface area contributed by atoms with E-state index in [-0.39, 0.29) is 0 Å². The number of rotatable bonds is 0. The molecular weight excluding hydrogens is 180 g/mol. The van der Waals surface area contributed by atoms with Crippen molar-refractivity contribution >= 4 is 21.5 Å². The minimum absolute atomic E-state index is 0.395. The zero-order valence-electron chi connectivity index (χ0n) is 11.2. The van der Waals surface area contributed by atoms with Crippen LogP contribution in [0.4, 0.5) is 0 Å². The van der Waals surface area contributed by atoms with Gasteiger partial charge < -0.3 is 0 Å². The number of benzene rings is 3. The first-order valence-electron chi connectivity index (χ1n) is 6.48. The van der Waals surface area contributed by atoms with Crippen molar-refractivity contribution in [2.45, 2.75) is 6.85 Å². The third-order valence-electron chi connectivity index (χ3n) is 2.75. The van der Waals surface area contributed by atoms with Gasteiger partial charge in [0.15, 0.2) is 0 Å². The average Bonchev–Trinajstić information content (AvgIpc) is 2.37. The fourth-order valence-corrected chi connectivity index (χ4v) is 2.00. The van der Waals surface area contributed by atoms with Crippen LogP contribution in [0.25, 0.3) is 21.5 Å². The third-order valence-corrected chi connectivity index (χ3v) is 2.75. The Labute approximate surface area is 93.4 Å². The summed E-state index contributed by atoms with van der Waals surface area (Å²) >= 11 is 0. The lowest BCUT2D eigenvalue weighted by Gasteiger charge is -2.04. The van der Waals surface area contributed by atoms with Crippen molar-refractivity contribution in [2.24, 2.45) is 0 Å². The van der Waals surface area contributed by atoms with Crippen LogP contribution in [0.1, 0.15) is 9.68 Å². The first-order chi connectivity index (χ1) is 8.55. The molecule has 3 aromatic rings. The summed E-state index contributed by atoms with van der Waals surface area (Å²) in [4.78, 5) is 0. The number of fused-ring (bicyclic) bond motifs is 3. The maximum absolute atomic E-state index is 7.49. The molecule has 0 amide bonds. The van der Waals surface area contributed by atoms with Gasteiger partial charge in [-0.05, 0) is 28.4 Å². The molecule has 0 aliphatic rings. The van der Waals surface area contributed by atoms with Crippen molar-refractivity contribution in [3.05, 3.63) is 60.2 Å². The molecule has 3 aromatic carbocycles. The molecule has 0 saturated heterocycles. The summed E-state index contributed by atoms with van der Waals surface area (Å²) in [6.45, 7) is -2.05. The Kier molecular flexibility index (Phi) is 1.22. The van der Waals surface area contributed by atoms with E-state index >= 15 is 0 Å². The lowest BCUT2D eigenvalue weighted by molar-refractivity contribution is 1.51. The summed E-state index contributed by atoms with van der Waals surface area (Å²) in [6.07, 6.45) is 0. The number of hydrogen-bond acceptors (Lipinski definition) is 0. The highest BCUT2D eigenvalue weighted by Gasteiger charge is 1.99. The SMILES string of the molecule is [2H]C([2H])([2H])c1ccc2ccc3ccccc3c2c1. The van der Waals surface area contributed by atoms with Gasteiger partial charge in [-0.1, -0.05) is 60.2 Å². The largest absolute Gasteiger partial charge is 0.0616 e. The molecule has 0 heteroatoms. The molecule has 0 aliphatic carbocycles. The molecule has 0 N–H and O–H groups in total. The Bertz CT molecular complexity index is 726. The first-order valence-corrected chi connectivity index (χ1v) is 4.98. The maximum Gasteiger partial charge on any atom is 0.0280 e. The van der Waals surface area contributed by atoms with Gasteiger partial charge in [-0.2, -0.15) is 0 Å². The van der Waals surface area contributed by atoms with Crippen molar-refractivity contribution in [1.29, 1.82) is 0 Å². The first kappa shape index (κ1) is 5.92. The van der Waals surface area contributed by atoms with E-state index in [1.54, 1.807) is 12.1 Å². The molecule has 72 valence electrons. The van der Waals surface area contributed by atoms with Crippen LogP contribution in [0.2, 0.25) is 0 Å². The molecule has 0 bridgehead atoms. The topological polar surface area (TPSA) is 0 Å². The molecule has 0 aromatic heterocycles. The predicted molar refractivity (Wildman–Crippen MR) is 66.2 cm³/mol. The predicted octanol–water partition coefficient (Wildman–Crippen LogP) is 4.30. The highest BCUT2D eigenvalue weighted by molar-refractivity contribution is 6.07. The van der Waals surface area contributed by atoms with Gasteiger partial charge in [0.2, 0.25) is 0 Å². The fourth-order valence-electron chi connectivity index (χ4n) is 2.00. The van der Waals surface area contributed by atoms with Crippen molar-refractivity contribution in [1.82, 2.24) is 0 Å². The second-order valence-electron chi connectivity index (χ2n) is 3.72. The molecular formula is C15H12. The smallest absolute Gasteiger partial charge is 0.0280 e. The van der Waals surface area contributed by atoms with Crippen LogP contribution in [-0.2, 0) is 0 Å². The Morgan fingerprint density at radius 3 is 2.40 bits per heavy atom. The molecule has 0 atom stereocenters. The van der Waals surface area contributed by atoms with Gasteiger partial charge in [0.05, 0.1) is 0 Å². The second kappa shape index (κ2) is 3.09. The molecule has 0 fully saturated rings. The van der Waals surface area contributed by atoms with E-state index in [1.165, 1.54) is 0 Å². The van der Waals surface area contributed by atoms with Crippen LogP contribution in [0.15, 0.2) is 54.6 Å². The molecule has 3 rings (SSSR count). The minimum Gasteiger partial charge on any atom is -0.0616 e. The quantitative estimate of drug-likeness (QED) is 0.469. The highest BCUT2D eigenvalue weighted by Crippen LogP contribution is 2.25. The molecule has 0 spiro atoms. The van der Waals surface area contributed by atoms with Gasteiger partial charge in [0.25, 0.3) is 0 Å². The molecule has 0 heterocycles. The van der Waals surface area contributed by atoms with E-state index in [0.29, 0.717) is 5.56 Å².